The average molecular weight is 236 g/mol. The summed E-state index contributed by atoms with van der Waals surface area (Å²) < 4.78 is 0. The smallest absolute Gasteiger partial charge is 0.239 e. The van der Waals surface area contributed by atoms with Crippen LogP contribution in [0.4, 0.5) is 0 Å². The zero-order chi connectivity index (χ0) is 13.0. The quantitative estimate of drug-likeness (QED) is 0.816. The third kappa shape index (κ3) is 3.28. The summed E-state index contributed by atoms with van der Waals surface area (Å²) in [6.45, 7) is 3.44. The molecule has 17 heavy (non-hydrogen) atoms. The number of aliphatic hydroxyl groups is 1. The fourth-order valence-corrected chi connectivity index (χ4v) is 1.66. The maximum atomic E-state index is 11.7. The van der Waals surface area contributed by atoms with Crippen molar-refractivity contribution >= 4 is 5.91 Å². The highest BCUT2D eigenvalue weighted by molar-refractivity contribution is 5.81. The summed E-state index contributed by atoms with van der Waals surface area (Å²) in [5.41, 5.74) is 6.34. The van der Waals surface area contributed by atoms with Gasteiger partial charge in [-0.05, 0) is 19.4 Å². The first-order valence-electron chi connectivity index (χ1n) is 5.70. The summed E-state index contributed by atoms with van der Waals surface area (Å²) in [7, 11) is 1.66. The van der Waals surface area contributed by atoms with Crippen LogP contribution in [0.5, 0.6) is 0 Å². The summed E-state index contributed by atoms with van der Waals surface area (Å²) in [4.78, 5) is 13.2. The highest BCUT2D eigenvalue weighted by Crippen LogP contribution is 2.19. The molecule has 94 valence electrons. The highest BCUT2D eigenvalue weighted by Gasteiger charge is 2.25. The molecule has 2 unspecified atom stereocenters. The molecule has 0 heterocycles. The van der Waals surface area contributed by atoms with Crippen LogP contribution in [0.2, 0.25) is 0 Å². The molecular weight excluding hydrogens is 216 g/mol. The Hall–Kier alpha value is -1.39. The number of nitrogens with zero attached hydrogens (tertiary/aromatic N) is 1. The van der Waals surface area contributed by atoms with Gasteiger partial charge in [0.15, 0.2) is 0 Å². The van der Waals surface area contributed by atoms with Gasteiger partial charge in [0.2, 0.25) is 5.91 Å². The molecule has 0 saturated carbocycles. The second-order valence-electron chi connectivity index (χ2n) is 4.33. The van der Waals surface area contributed by atoms with Gasteiger partial charge in [0.05, 0.1) is 18.2 Å². The summed E-state index contributed by atoms with van der Waals surface area (Å²) in [6.07, 6.45) is -0.705. The first-order chi connectivity index (χ1) is 7.95. The lowest BCUT2D eigenvalue weighted by Gasteiger charge is -2.30. The second kappa shape index (κ2) is 5.80. The van der Waals surface area contributed by atoms with Crippen LogP contribution >= 0.6 is 0 Å². The van der Waals surface area contributed by atoms with E-state index >= 15 is 0 Å². The summed E-state index contributed by atoms with van der Waals surface area (Å²) in [6, 6.07) is 8.42. The number of benzene rings is 1. The Kier molecular flexibility index (Phi) is 4.66. The molecule has 0 aromatic heterocycles. The van der Waals surface area contributed by atoms with Crippen molar-refractivity contribution in [1.29, 1.82) is 0 Å². The van der Waals surface area contributed by atoms with Gasteiger partial charge in [-0.25, -0.2) is 0 Å². The molecule has 0 aliphatic rings. The lowest BCUT2D eigenvalue weighted by Crippen LogP contribution is -2.46. The molecule has 1 aromatic rings. The van der Waals surface area contributed by atoms with Gasteiger partial charge < -0.3 is 15.7 Å². The molecule has 0 aliphatic carbocycles. The van der Waals surface area contributed by atoms with E-state index in [1.807, 2.05) is 30.3 Å². The zero-order valence-electron chi connectivity index (χ0n) is 10.5. The monoisotopic (exact) mass is 236 g/mol. The van der Waals surface area contributed by atoms with Gasteiger partial charge >= 0.3 is 0 Å². The van der Waals surface area contributed by atoms with Gasteiger partial charge in [0.25, 0.3) is 0 Å². The lowest BCUT2D eigenvalue weighted by atomic mass is 10.0. The molecular formula is C13H20N2O2. The summed E-state index contributed by atoms with van der Waals surface area (Å²) in [5.74, 6) is -0.174. The van der Waals surface area contributed by atoms with E-state index in [1.54, 1.807) is 20.9 Å². The van der Waals surface area contributed by atoms with Crippen molar-refractivity contribution in [2.24, 2.45) is 5.73 Å². The Balaban J connectivity index is 2.76. The van der Waals surface area contributed by atoms with Crippen LogP contribution in [-0.2, 0) is 4.79 Å². The maximum absolute atomic E-state index is 11.7. The molecule has 4 heteroatoms. The molecule has 0 bridgehead atoms. The molecule has 4 nitrogen and oxygen atoms in total. The molecule has 0 spiro atoms. The Bertz CT molecular complexity index is 365. The fraction of sp³-hybridized carbons (Fsp3) is 0.462. The molecule has 0 aliphatic heterocycles. The molecule has 0 saturated heterocycles. The largest absolute Gasteiger partial charge is 0.386 e. The summed E-state index contributed by atoms with van der Waals surface area (Å²) in [5, 5.41) is 10.2. The average Bonchev–Trinajstić information content (AvgIpc) is 2.36. The van der Waals surface area contributed by atoms with Gasteiger partial charge in [-0.2, -0.15) is 0 Å². The molecule has 3 N–H and O–H groups in total. The van der Waals surface area contributed by atoms with Crippen molar-refractivity contribution in [3.8, 4) is 0 Å². The number of aliphatic hydroxyl groups excluding tert-OH is 1. The molecule has 0 fully saturated rings. The van der Waals surface area contributed by atoms with Gasteiger partial charge in [-0.15, -0.1) is 0 Å². The lowest BCUT2D eigenvalue weighted by molar-refractivity contribution is -0.134. The van der Waals surface area contributed by atoms with E-state index in [0.29, 0.717) is 0 Å². The van der Waals surface area contributed by atoms with E-state index in [9.17, 15) is 9.90 Å². The predicted molar refractivity (Wildman–Crippen MR) is 67.3 cm³/mol. The first-order valence-corrected chi connectivity index (χ1v) is 5.70. The van der Waals surface area contributed by atoms with E-state index in [4.69, 9.17) is 5.73 Å². The van der Waals surface area contributed by atoms with Crippen molar-refractivity contribution in [2.45, 2.75) is 32.0 Å². The normalized spacial score (nSPS) is 16.1. The Morgan fingerprint density at radius 1 is 1.29 bits per heavy atom. The van der Waals surface area contributed by atoms with E-state index in [-0.39, 0.29) is 11.9 Å². The third-order valence-electron chi connectivity index (χ3n) is 2.95. The van der Waals surface area contributed by atoms with Crippen LogP contribution in [0.25, 0.3) is 0 Å². The van der Waals surface area contributed by atoms with Crippen LogP contribution in [0, 0.1) is 0 Å². The molecule has 1 aromatic carbocycles. The number of nitrogens with two attached hydrogens (primary N) is 1. The van der Waals surface area contributed by atoms with Gasteiger partial charge in [0.1, 0.15) is 0 Å². The number of likely N-dealkylation sites (N-methyl/N-ethyl adjacent to an activating group) is 1. The highest BCUT2D eigenvalue weighted by atomic mass is 16.3. The molecule has 1 amide bonds. The second-order valence-corrected chi connectivity index (χ2v) is 4.33. The number of carbonyl (C=O) groups excluding carboxylic acids is 1. The number of rotatable bonds is 4. The van der Waals surface area contributed by atoms with Crippen LogP contribution in [0.3, 0.4) is 0 Å². The SMILES string of the molecule is CC(N)C(=O)N(C)C(C)[C@H](O)c1ccccc1. The molecule has 3 atom stereocenters. The third-order valence-corrected chi connectivity index (χ3v) is 2.95. The zero-order valence-corrected chi connectivity index (χ0v) is 10.5. The Labute approximate surface area is 102 Å². The van der Waals surface area contributed by atoms with Gasteiger partial charge in [0, 0.05) is 7.05 Å². The number of hydrogen-bond acceptors (Lipinski definition) is 3. The Morgan fingerprint density at radius 3 is 2.29 bits per heavy atom. The minimum Gasteiger partial charge on any atom is -0.386 e. The standard InChI is InChI=1S/C13H20N2O2/c1-9(14)13(17)15(3)10(2)12(16)11-7-5-4-6-8-11/h4-10,12,16H,14H2,1-3H3/t9?,10?,12-/m0/s1. The van der Waals surface area contributed by atoms with Crippen molar-refractivity contribution in [3.05, 3.63) is 35.9 Å². The van der Waals surface area contributed by atoms with Crippen LogP contribution in [-0.4, -0.2) is 35.0 Å². The van der Waals surface area contributed by atoms with E-state index in [1.165, 1.54) is 4.90 Å². The minimum absolute atomic E-state index is 0.174. The van der Waals surface area contributed by atoms with Crippen LogP contribution < -0.4 is 5.73 Å². The predicted octanol–water partition coefficient (Wildman–Crippen LogP) is 0.914. The molecule has 1 rings (SSSR count). The fourth-order valence-electron chi connectivity index (χ4n) is 1.66. The van der Waals surface area contributed by atoms with Crippen molar-refractivity contribution < 1.29 is 9.90 Å². The first kappa shape index (κ1) is 13.7. The van der Waals surface area contributed by atoms with Crippen molar-refractivity contribution in [1.82, 2.24) is 4.90 Å². The Morgan fingerprint density at radius 2 is 1.82 bits per heavy atom. The van der Waals surface area contributed by atoms with E-state index in [2.05, 4.69) is 0 Å². The maximum Gasteiger partial charge on any atom is 0.239 e. The van der Waals surface area contributed by atoms with E-state index in [0.717, 1.165) is 5.56 Å². The van der Waals surface area contributed by atoms with E-state index < -0.39 is 12.1 Å². The summed E-state index contributed by atoms with van der Waals surface area (Å²) >= 11 is 0. The van der Waals surface area contributed by atoms with Crippen LogP contribution in [0.1, 0.15) is 25.5 Å². The number of carbonyl (C=O) groups is 1. The minimum atomic E-state index is -0.705. The van der Waals surface area contributed by atoms with Gasteiger partial charge in [-0.3, -0.25) is 4.79 Å². The van der Waals surface area contributed by atoms with Crippen molar-refractivity contribution in [3.63, 3.8) is 0 Å². The van der Waals surface area contributed by atoms with Crippen molar-refractivity contribution in [2.75, 3.05) is 7.05 Å². The van der Waals surface area contributed by atoms with Crippen LogP contribution in [0.15, 0.2) is 30.3 Å². The number of hydrogen-bond donors (Lipinski definition) is 2. The van der Waals surface area contributed by atoms with Gasteiger partial charge in [-0.1, -0.05) is 30.3 Å². The molecule has 0 radical (unpaired) electrons. The number of amides is 1. The topological polar surface area (TPSA) is 66.6 Å².